The second-order valence-electron chi connectivity index (χ2n) is 3.36. The molecular weight excluding hydrogens is 256 g/mol. The lowest BCUT2D eigenvalue weighted by Gasteiger charge is -2.05. The zero-order valence-corrected chi connectivity index (χ0v) is 10.5. The van der Waals surface area contributed by atoms with Gasteiger partial charge in [0.05, 0.1) is 0 Å². The molecule has 0 aliphatic carbocycles. The Hall–Kier alpha value is -2.10. The molecule has 0 saturated heterocycles. The van der Waals surface area contributed by atoms with Crippen LogP contribution in [0.2, 0.25) is 0 Å². The number of nitrogens with zero attached hydrogens (tertiary/aromatic N) is 6. The minimum Gasteiger partial charge on any atom is -0.368 e. The zero-order chi connectivity index (χ0) is 13.0. The van der Waals surface area contributed by atoms with Crippen LogP contribution in [-0.2, 0) is 10.8 Å². The molecule has 2 aromatic heterocycles. The topological polar surface area (TPSA) is 125 Å². The molecular formula is C8H12N8OS. The Kier molecular flexibility index (Phi) is 3.77. The first-order chi connectivity index (χ1) is 8.65. The molecule has 1 atom stereocenters. The van der Waals surface area contributed by atoms with Crippen LogP contribution in [0.5, 0.6) is 0 Å². The summed E-state index contributed by atoms with van der Waals surface area (Å²) in [5.41, 5.74) is 5.57. The molecule has 0 amide bonds. The molecule has 1 unspecified atom stereocenters. The highest BCUT2D eigenvalue weighted by atomic mass is 32.2. The maximum Gasteiger partial charge on any atom is 0.258 e. The standard InChI is InChI=1S/C8H12N8OS/c1-18(17)3-2-11-7-13-6(9)14-8(15-7)16-5-10-4-12-16/h4-5H,2-3H2,1H3,(H3,9,11,13,14,15). The van der Waals surface area contributed by atoms with Crippen molar-refractivity contribution in [3.8, 4) is 5.95 Å². The second kappa shape index (κ2) is 5.49. The van der Waals surface area contributed by atoms with E-state index in [1.165, 1.54) is 17.3 Å². The number of nitrogens with one attached hydrogen (secondary N) is 1. The summed E-state index contributed by atoms with van der Waals surface area (Å²) in [4.78, 5) is 15.8. The second-order valence-corrected chi connectivity index (χ2v) is 4.92. The van der Waals surface area contributed by atoms with Gasteiger partial charge in [0.25, 0.3) is 5.95 Å². The number of nitrogen functional groups attached to an aromatic ring is 1. The van der Waals surface area contributed by atoms with Crippen molar-refractivity contribution >= 4 is 22.7 Å². The summed E-state index contributed by atoms with van der Waals surface area (Å²) in [6.07, 6.45) is 4.46. The van der Waals surface area contributed by atoms with Gasteiger partial charge in [0, 0.05) is 29.4 Å². The third-order valence-electron chi connectivity index (χ3n) is 1.94. The molecule has 0 radical (unpaired) electrons. The molecule has 0 saturated carbocycles. The summed E-state index contributed by atoms with van der Waals surface area (Å²) in [6.45, 7) is 0.489. The van der Waals surface area contributed by atoms with Crippen LogP contribution in [0, 0.1) is 0 Å². The number of anilines is 2. The number of hydrogen-bond donors (Lipinski definition) is 2. The van der Waals surface area contributed by atoms with Crippen LogP contribution < -0.4 is 11.1 Å². The molecule has 0 aromatic carbocycles. The number of nitrogens with two attached hydrogens (primary N) is 1. The SMILES string of the molecule is CS(=O)CCNc1nc(N)nc(-n2cncn2)n1. The average Bonchev–Trinajstić information content (AvgIpc) is 2.81. The lowest BCUT2D eigenvalue weighted by Crippen LogP contribution is -2.15. The van der Waals surface area contributed by atoms with E-state index in [9.17, 15) is 4.21 Å². The third-order valence-corrected chi connectivity index (χ3v) is 2.72. The van der Waals surface area contributed by atoms with Gasteiger partial charge in [0.15, 0.2) is 0 Å². The van der Waals surface area contributed by atoms with Gasteiger partial charge in [-0.1, -0.05) is 0 Å². The summed E-state index contributed by atoms with van der Waals surface area (Å²) in [7, 11) is -0.872. The number of rotatable bonds is 5. The molecule has 18 heavy (non-hydrogen) atoms. The highest BCUT2D eigenvalue weighted by molar-refractivity contribution is 7.84. The van der Waals surface area contributed by atoms with E-state index < -0.39 is 10.8 Å². The van der Waals surface area contributed by atoms with E-state index in [0.717, 1.165) is 0 Å². The van der Waals surface area contributed by atoms with Gasteiger partial charge in [-0.3, -0.25) is 4.21 Å². The van der Waals surface area contributed by atoms with Gasteiger partial charge in [0.1, 0.15) is 12.7 Å². The normalized spacial score (nSPS) is 12.3. The van der Waals surface area contributed by atoms with E-state index in [1.807, 2.05) is 0 Å². The smallest absolute Gasteiger partial charge is 0.258 e. The van der Waals surface area contributed by atoms with Crippen LogP contribution in [-0.4, -0.2) is 52.5 Å². The highest BCUT2D eigenvalue weighted by Gasteiger charge is 2.06. The van der Waals surface area contributed by atoms with E-state index in [-0.39, 0.29) is 11.9 Å². The molecule has 3 N–H and O–H groups in total. The summed E-state index contributed by atoms with van der Waals surface area (Å²) >= 11 is 0. The Bertz CT molecular complexity index is 542. The van der Waals surface area contributed by atoms with Gasteiger partial charge in [0.2, 0.25) is 11.9 Å². The zero-order valence-electron chi connectivity index (χ0n) is 9.65. The number of aromatic nitrogens is 6. The van der Waals surface area contributed by atoms with Gasteiger partial charge in [-0.05, 0) is 0 Å². The molecule has 0 aliphatic rings. The van der Waals surface area contributed by atoms with Gasteiger partial charge in [-0.2, -0.15) is 24.7 Å². The Morgan fingerprint density at radius 2 is 2.28 bits per heavy atom. The van der Waals surface area contributed by atoms with E-state index in [4.69, 9.17) is 5.73 Å². The minimum absolute atomic E-state index is 0.0793. The fraction of sp³-hybridized carbons (Fsp3) is 0.375. The molecule has 0 aliphatic heterocycles. The van der Waals surface area contributed by atoms with Crippen LogP contribution in [0.15, 0.2) is 12.7 Å². The van der Waals surface area contributed by atoms with E-state index in [1.54, 1.807) is 6.26 Å². The van der Waals surface area contributed by atoms with Crippen molar-refractivity contribution in [1.29, 1.82) is 0 Å². The lowest BCUT2D eigenvalue weighted by molar-refractivity contribution is 0.687. The molecule has 2 heterocycles. The van der Waals surface area contributed by atoms with Crippen molar-refractivity contribution in [3.63, 3.8) is 0 Å². The predicted molar refractivity (Wildman–Crippen MR) is 66.6 cm³/mol. The Balaban J connectivity index is 2.14. The predicted octanol–water partition coefficient (Wildman–Crippen LogP) is -1.18. The summed E-state index contributed by atoms with van der Waals surface area (Å²) < 4.78 is 12.3. The molecule has 0 bridgehead atoms. The van der Waals surface area contributed by atoms with Crippen molar-refractivity contribution < 1.29 is 4.21 Å². The maximum absolute atomic E-state index is 10.9. The summed E-state index contributed by atoms with van der Waals surface area (Å²) in [5.74, 6) is 1.18. The quantitative estimate of drug-likeness (QED) is 0.694. The molecule has 0 fully saturated rings. The summed E-state index contributed by atoms with van der Waals surface area (Å²) in [5, 5.41) is 6.82. The van der Waals surface area contributed by atoms with E-state index in [2.05, 4.69) is 30.4 Å². The third kappa shape index (κ3) is 3.20. The Morgan fingerprint density at radius 3 is 2.94 bits per heavy atom. The fourth-order valence-corrected chi connectivity index (χ4v) is 1.57. The van der Waals surface area contributed by atoms with Crippen LogP contribution >= 0.6 is 0 Å². The van der Waals surface area contributed by atoms with Gasteiger partial charge >= 0.3 is 0 Å². The first-order valence-electron chi connectivity index (χ1n) is 5.05. The van der Waals surface area contributed by atoms with Crippen molar-refractivity contribution in [2.45, 2.75) is 0 Å². The van der Waals surface area contributed by atoms with Crippen LogP contribution in [0.25, 0.3) is 5.95 Å². The van der Waals surface area contributed by atoms with Crippen molar-refractivity contribution in [2.75, 3.05) is 29.6 Å². The maximum atomic E-state index is 10.9. The number of hydrogen-bond acceptors (Lipinski definition) is 8. The molecule has 9 nitrogen and oxygen atoms in total. The van der Waals surface area contributed by atoms with Gasteiger partial charge in [-0.15, -0.1) is 0 Å². The van der Waals surface area contributed by atoms with Crippen LogP contribution in [0.3, 0.4) is 0 Å². The fourth-order valence-electron chi connectivity index (χ4n) is 1.18. The van der Waals surface area contributed by atoms with Crippen molar-refractivity contribution in [3.05, 3.63) is 12.7 Å². The van der Waals surface area contributed by atoms with Crippen molar-refractivity contribution in [2.24, 2.45) is 0 Å². The molecule has 2 rings (SSSR count). The van der Waals surface area contributed by atoms with Gasteiger partial charge < -0.3 is 11.1 Å². The first kappa shape index (κ1) is 12.4. The average molecular weight is 268 g/mol. The summed E-state index contributed by atoms with van der Waals surface area (Å²) in [6, 6.07) is 0. The van der Waals surface area contributed by atoms with Gasteiger partial charge in [-0.25, -0.2) is 4.98 Å². The largest absolute Gasteiger partial charge is 0.368 e. The van der Waals surface area contributed by atoms with Crippen molar-refractivity contribution in [1.82, 2.24) is 29.7 Å². The Morgan fingerprint density at radius 1 is 1.44 bits per heavy atom. The molecule has 2 aromatic rings. The molecule has 10 heteroatoms. The monoisotopic (exact) mass is 268 g/mol. The Labute approximate surface area is 105 Å². The highest BCUT2D eigenvalue weighted by Crippen LogP contribution is 2.05. The molecule has 0 spiro atoms. The lowest BCUT2D eigenvalue weighted by atomic mass is 10.7. The van der Waals surface area contributed by atoms with E-state index >= 15 is 0 Å². The molecule has 96 valence electrons. The van der Waals surface area contributed by atoms with Crippen LogP contribution in [0.4, 0.5) is 11.9 Å². The minimum atomic E-state index is -0.872. The van der Waals surface area contributed by atoms with E-state index in [0.29, 0.717) is 18.2 Å². The van der Waals surface area contributed by atoms with Crippen LogP contribution in [0.1, 0.15) is 0 Å². The first-order valence-corrected chi connectivity index (χ1v) is 6.78.